The molecule has 0 saturated carbocycles. The van der Waals surface area contributed by atoms with Crippen LogP contribution in [0, 0.1) is 0 Å². The third kappa shape index (κ3) is 2.65. The van der Waals surface area contributed by atoms with E-state index in [1.165, 1.54) is 0 Å². The van der Waals surface area contributed by atoms with Gasteiger partial charge >= 0.3 is 0 Å². The molecule has 0 aromatic carbocycles. The van der Waals surface area contributed by atoms with Crippen molar-refractivity contribution in [1.82, 2.24) is 0 Å². The summed E-state index contributed by atoms with van der Waals surface area (Å²) in [4.78, 5) is 0. The van der Waals surface area contributed by atoms with E-state index in [9.17, 15) is 0 Å². The van der Waals surface area contributed by atoms with Crippen molar-refractivity contribution in [3.63, 3.8) is 0 Å². The van der Waals surface area contributed by atoms with Crippen LogP contribution in [0.4, 0.5) is 0 Å². The van der Waals surface area contributed by atoms with Crippen molar-refractivity contribution in [3.05, 3.63) is 0 Å². The standard InChI is InChI=1S/C6H11BrO2/c7-3-1-2-6-8-4-5-9-6/h6H,1-5H2. The average molecular weight is 195 g/mol. The predicted molar refractivity (Wildman–Crippen MR) is 38.7 cm³/mol. The summed E-state index contributed by atoms with van der Waals surface area (Å²) in [6.45, 7) is 1.54. The highest BCUT2D eigenvalue weighted by molar-refractivity contribution is 9.09. The minimum Gasteiger partial charge on any atom is -0.350 e. The molecule has 0 N–H and O–H groups in total. The maximum atomic E-state index is 5.21. The zero-order valence-electron chi connectivity index (χ0n) is 5.31. The molecule has 0 unspecified atom stereocenters. The Morgan fingerprint density at radius 3 is 2.56 bits per heavy atom. The van der Waals surface area contributed by atoms with E-state index in [4.69, 9.17) is 9.47 Å². The second-order valence-electron chi connectivity index (χ2n) is 2.00. The van der Waals surface area contributed by atoms with Crippen molar-refractivity contribution >= 4 is 15.9 Å². The molecule has 1 aliphatic heterocycles. The molecule has 0 spiro atoms. The Morgan fingerprint density at radius 1 is 1.33 bits per heavy atom. The highest BCUT2D eigenvalue weighted by atomic mass is 79.9. The quantitative estimate of drug-likeness (QED) is 0.636. The van der Waals surface area contributed by atoms with E-state index >= 15 is 0 Å². The van der Waals surface area contributed by atoms with E-state index in [1.807, 2.05) is 0 Å². The molecule has 0 radical (unpaired) electrons. The minimum absolute atomic E-state index is 0.0857. The van der Waals surface area contributed by atoms with Crippen LogP contribution in [0.1, 0.15) is 12.8 Å². The summed E-state index contributed by atoms with van der Waals surface area (Å²) in [5, 5.41) is 1.04. The smallest absolute Gasteiger partial charge is 0.157 e. The van der Waals surface area contributed by atoms with Gasteiger partial charge in [0.1, 0.15) is 0 Å². The third-order valence-electron chi connectivity index (χ3n) is 1.26. The number of rotatable bonds is 3. The van der Waals surface area contributed by atoms with E-state index in [0.29, 0.717) is 0 Å². The molecule has 9 heavy (non-hydrogen) atoms. The summed E-state index contributed by atoms with van der Waals surface area (Å²) >= 11 is 3.35. The molecule has 1 rings (SSSR count). The molecule has 2 nitrogen and oxygen atoms in total. The van der Waals surface area contributed by atoms with Gasteiger partial charge < -0.3 is 9.47 Å². The molecular weight excluding hydrogens is 184 g/mol. The van der Waals surface area contributed by atoms with Gasteiger partial charge in [-0.3, -0.25) is 0 Å². The second kappa shape index (κ2) is 4.25. The van der Waals surface area contributed by atoms with Crippen molar-refractivity contribution in [3.8, 4) is 0 Å². The highest BCUT2D eigenvalue weighted by Gasteiger charge is 2.13. The SMILES string of the molecule is BrCCCC1OCCO1. The van der Waals surface area contributed by atoms with E-state index in [1.54, 1.807) is 0 Å². The van der Waals surface area contributed by atoms with Crippen molar-refractivity contribution in [1.29, 1.82) is 0 Å². The Bertz CT molecular complexity index is 71.5. The number of hydrogen-bond acceptors (Lipinski definition) is 2. The van der Waals surface area contributed by atoms with Gasteiger partial charge in [0.05, 0.1) is 13.2 Å². The largest absolute Gasteiger partial charge is 0.350 e. The Kier molecular flexibility index (Phi) is 3.55. The summed E-state index contributed by atoms with van der Waals surface area (Å²) in [6, 6.07) is 0. The topological polar surface area (TPSA) is 18.5 Å². The van der Waals surface area contributed by atoms with E-state index in [2.05, 4.69) is 15.9 Å². The summed E-state index contributed by atoms with van der Waals surface area (Å²) < 4.78 is 10.4. The van der Waals surface area contributed by atoms with Crippen LogP contribution in [0.15, 0.2) is 0 Å². The van der Waals surface area contributed by atoms with Crippen molar-refractivity contribution in [2.45, 2.75) is 19.1 Å². The van der Waals surface area contributed by atoms with Crippen molar-refractivity contribution < 1.29 is 9.47 Å². The number of halogens is 1. The third-order valence-corrected chi connectivity index (χ3v) is 1.83. The molecule has 0 aliphatic carbocycles. The lowest BCUT2D eigenvalue weighted by molar-refractivity contribution is -0.0466. The first-order valence-electron chi connectivity index (χ1n) is 3.22. The normalized spacial score (nSPS) is 21.0. The molecule has 3 heteroatoms. The molecule has 0 aromatic heterocycles. The van der Waals surface area contributed by atoms with Gasteiger partial charge in [-0.05, 0) is 12.8 Å². The van der Waals surface area contributed by atoms with Gasteiger partial charge in [-0.15, -0.1) is 0 Å². The van der Waals surface area contributed by atoms with Crippen molar-refractivity contribution in [2.75, 3.05) is 18.5 Å². The summed E-state index contributed by atoms with van der Waals surface area (Å²) in [5.41, 5.74) is 0. The number of hydrogen-bond donors (Lipinski definition) is 0. The van der Waals surface area contributed by atoms with Crippen LogP contribution >= 0.6 is 15.9 Å². The Balaban J connectivity index is 1.98. The number of alkyl halides is 1. The zero-order valence-corrected chi connectivity index (χ0v) is 6.89. The van der Waals surface area contributed by atoms with E-state index in [-0.39, 0.29) is 6.29 Å². The Hall–Kier alpha value is 0.400. The molecule has 0 atom stereocenters. The van der Waals surface area contributed by atoms with E-state index < -0.39 is 0 Å². The molecule has 54 valence electrons. The van der Waals surface area contributed by atoms with Crippen LogP contribution in [0.2, 0.25) is 0 Å². The van der Waals surface area contributed by atoms with Gasteiger partial charge in [-0.2, -0.15) is 0 Å². The fourth-order valence-corrected chi connectivity index (χ4v) is 1.14. The summed E-state index contributed by atoms with van der Waals surface area (Å²) in [6.07, 6.45) is 2.23. The lowest BCUT2D eigenvalue weighted by Gasteiger charge is -2.05. The molecule has 1 heterocycles. The monoisotopic (exact) mass is 194 g/mol. The van der Waals surface area contributed by atoms with E-state index in [0.717, 1.165) is 31.4 Å². The second-order valence-corrected chi connectivity index (χ2v) is 2.80. The van der Waals surface area contributed by atoms with Gasteiger partial charge in [0.15, 0.2) is 6.29 Å². The predicted octanol–water partition coefficient (Wildman–Crippen LogP) is 1.53. The number of ether oxygens (including phenoxy) is 2. The fraction of sp³-hybridized carbons (Fsp3) is 1.00. The van der Waals surface area contributed by atoms with Gasteiger partial charge in [0, 0.05) is 5.33 Å². The average Bonchev–Trinajstić information content (AvgIpc) is 2.34. The van der Waals surface area contributed by atoms with Crippen LogP contribution in [0.5, 0.6) is 0 Å². The molecule has 0 bridgehead atoms. The van der Waals surface area contributed by atoms with Gasteiger partial charge in [-0.25, -0.2) is 0 Å². The van der Waals surface area contributed by atoms with Crippen LogP contribution in [0.3, 0.4) is 0 Å². The maximum Gasteiger partial charge on any atom is 0.157 e. The fourth-order valence-electron chi connectivity index (χ4n) is 0.818. The van der Waals surface area contributed by atoms with Gasteiger partial charge in [0.25, 0.3) is 0 Å². The highest BCUT2D eigenvalue weighted by Crippen LogP contribution is 2.10. The van der Waals surface area contributed by atoms with Crippen molar-refractivity contribution in [2.24, 2.45) is 0 Å². The minimum atomic E-state index is 0.0857. The lowest BCUT2D eigenvalue weighted by atomic mass is 10.3. The molecule has 0 amide bonds. The first-order chi connectivity index (χ1) is 4.43. The van der Waals surface area contributed by atoms with Crippen LogP contribution in [-0.2, 0) is 9.47 Å². The molecule has 1 fully saturated rings. The molecule has 0 aromatic rings. The Morgan fingerprint density at radius 2 is 2.00 bits per heavy atom. The molecule has 1 saturated heterocycles. The summed E-state index contributed by atoms with van der Waals surface area (Å²) in [5.74, 6) is 0. The molecular formula is C6H11BrO2. The van der Waals surface area contributed by atoms with Gasteiger partial charge in [0.2, 0.25) is 0 Å². The Labute approximate surface area is 63.7 Å². The lowest BCUT2D eigenvalue weighted by Crippen LogP contribution is -2.06. The first kappa shape index (κ1) is 7.51. The zero-order chi connectivity index (χ0) is 6.53. The van der Waals surface area contributed by atoms with Crippen LogP contribution in [0.25, 0.3) is 0 Å². The van der Waals surface area contributed by atoms with Crippen LogP contribution < -0.4 is 0 Å². The van der Waals surface area contributed by atoms with Gasteiger partial charge in [-0.1, -0.05) is 15.9 Å². The summed E-state index contributed by atoms with van der Waals surface area (Å²) in [7, 11) is 0. The first-order valence-corrected chi connectivity index (χ1v) is 4.35. The molecule has 1 aliphatic rings. The maximum absolute atomic E-state index is 5.21. The van der Waals surface area contributed by atoms with Crippen LogP contribution in [-0.4, -0.2) is 24.8 Å².